The number of nitrogens with two attached hydrogens (primary N) is 1. The van der Waals surface area contributed by atoms with E-state index in [2.05, 4.69) is 10.4 Å². The number of aryl methyl sites for hydroxylation is 2. The third kappa shape index (κ3) is 4.33. The molecule has 0 aliphatic rings. The van der Waals surface area contributed by atoms with Crippen molar-refractivity contribution in [2.45, 2.75) is 26.3 Å². The molecule has 7 heteroatoms. The number of halogens is 1. The van der Waals surface area contributed by atoms with Crippen molar-refractivity contribution >= 4 is 23.4 Å². The first kappa shape index (κ1) is 17.5. The van der Waals surface area contributed by atoms with Crippen molar-refractivity contribution in [3.05, 3.63) is 41.5 Å². The molecule has 0 saturated carbocycles. The lowest BCUT2D eigenvalue weighted by atomic mass is 10.2. The molecule has 0 aliphatic carbocycles. The Bertz CT molecular complexity index is 701. The molecule has 1 aromatic heterocycles. The SMILES string of the molecule is CSCC[C@H](N)C(=O)Nc1ccc(-n2nc(C)cc2C)c(F)c1. The van der Waals surface area contributed by atoms with Gasteiger partial charge in [-0.3, -0.25) is 4.79 Å². The molecule has 1 amide bonds. The summed E-state index contributed by atoms with van der Waals surface area (Å²) in [6.45, 7) is 3.71. The Morgan fingerprint density at radius 1 is 1.43 bits per heavy atom. The van der Waals surface area contributed by atoms with Crippen LogP contribution in [-0.2, 0) is 4.79 Å². The number of thioether (sulfide) groups is 1. The van der Waals surface area contributed by atoms with Gasteiger partial charge in [-0.05, 0) is 56.5 Å². The van der Waals surface area contributed by atoms with Gasteiger partial charge in [0.05, 0.1) is 11.7 Å². The number of hydrogen-bond donors (Lipinski definition) is 2. The lowest BCUT2D eigenvalue weighted by Crippen LogP contribution is -2.36. The number of amides is 1. The number of anilines is 1. The zero-order valence-electron chi connectivity index (χ0n) is 13.5. The maximum Gasteiger partial charge on any atom is 0.241 e. The number of aromatic nitrogens is 2. The van der Waals surface area contributed by atoms with Crippen LogP contribution in [0.15, 0.2) is 24.3 Å². The Labute approximate surface area is 139 Å². The van der Waals surface area contributed by atoms with E-state index in [9.17, 15) is 9.18 Å². The van der Waals surface area contributed by atoms with E-state index in [0.717, 1.165) is 17.1 Å². The second-order valence-electron chi connectivity index (χ2n) is 5.38. The first-order chi connectivity index (χ1) is 10.9. The molecular weight excluding hydrogens is 315 g/mol. The van der Waals surface area contributed by atoms with E-state index in [-0.39, 0.29) is 5.91 Å². The summed E-state index contributed by atoms with van der Waals surface area (Å²) in [4.78, 5) is 12.0. The minimum Gasteiger partial charge on any atom is -0.325 e. The molecule has 0 radical (unpaired) electrons. The number of carbonyl (C=O) groups excluding carboxylic acids is 1. The lowest BCUT2D eigenvalue weighted by Gasteiger charge is -2.13. The summed E-state index contributed by atoms with van der Waals surface area (Å²) in [7, 11) is 0. The largest absolute Gasteiger partial charge is 0.325 e. The standard InChI is InChI=1S/C16H21FN4OS/c1-10-8-11(2)21(20-10)15-5-4-12(9-13(15)17)19-16(22)14(18)6-7-23-3/h4-5,8-9,14H,6-7,18H2,1-3H3,(H,19,22)/t14-/m0/s1. The molecule has 0 fully saturated rings. The molecule has 0 bridgehead atoms. The van der Waals surface area contributed by atoms with E-state index in [0.29, 0.717) is 17.8 Å². The van der Waals surface area contributed by atoms with Crippen LogP contribution in [0.5, 0.6) is 0 Å². The first-order valence-electron chi connectivity index (χ1n) is 7.31. The van der Waals surface area contributed by atoms with Crippen LogP contribution in [0.25, 0.3) is 5.69 Å². The van der Waals surface area contributed by atoms with Crippen molar-refractivity contribution in [3.63, 3.8) is 0 Å². The van der Waals surface area contributed by atoms with Crippen LogP contribution in [-0.4, -0.2) is 33.7 Å². The van der Waals surface area contributed by atoms with E-state index in [1.165, 1.54) is 6.07 Å². The molecule has 0 spiro atoms. The molecule has 3 N–H and O–H groups in total. The number of carbonyl (C=O) groups is 1. The van der Waals surface area contributed by atoms with E-state index in [1.54, 1.807) is 28.6 Å². The molecule has 2 rings (SSSR count). The predicted octanol–water partition coefficient (Wildman–Crippen LogP) is 2.65. The third-order valence-electron chi connectivity index (χ3n) is 3.42. The molecule has 1 aromatic carbocycles. The number of hydrogen-bond acceptors (Lipinski definition) is 4. The van der Waals surface area contributed by atoms with Crippen LogP contribution in [0.4, 0.5) is 10.1 Å². The summed E-state index contributed by atoms with van der Waals surface area (Å²) in [6, 6.07) is 5.80. The van der Waals surface area contributed by atoms with Gasteiger partial charge in [-0.2, -0.15) is 16.9 Å². The number of nitrogens with zero attached hydrogens (tertiary/aromatic N) is 2. The Kier molecular flexibility index (Phi) is 5.79. The van der Waals surface area contributed by atoms with E-state index >= 15 is 0 Å². The molecule has 0 saturated heterocycles. The van der Waals surface area contributed by atoms with Crippen LogP contribution in [0.1, 0.15) is 17.8 Å². The van der Waals surface area contributed by atoms with Crippen molar-refractivity contribution in [1.82, 2.24) is 9.78 Å². The average Bonchev–Trinajstić information content (AvgIpc) is 2.83. The van der Waals surface area contributed by atoms with Gasteiger partial charge in [0.15, 0.2) is 5.82 Å². The molecule has 5 nitrogen and oxygen atoms in total. The van der Waals surface area contributed by atoms with E-state index < -0.39 is 11.9 Å². The summed E-state index contributed by atoms with van der Waals surface area (Å²) < 4.78 is 15.9. The van der Waals surface area contributed by atoms with Crippen LogP contribution in [0.2, 0.25) is 0 Å². The highest BCUT2D eigenvalue weighted by molar-refractivity contribution is 7.98. The van der Waals surface area contributed by atoms with Gasteiger partial charge >= 0.3 is 0 Å². The second-order valence-corrected chi connectivity index (χ2v) is 6.37. The number of nitrogens with one attached hydrogen (secondary N) is 1. The van der Waals surface area contributed by atoms with Crippen LogP contribution in [0, 0.1) is 19.7 Å². The Hall–Kier alpha value is -1.86. The fourth-order valence-corrected chi connectivity index (χ4v) is 2.73. The van der Waals surface area contributed by atoms with Gasteiger partial charge in [0.2, 0.25) is 5.91 Å². The smallest absolute Gasteiger partial charge is 0.241 e. The molecule has 124 valence electrons. The average molecular weight is 336 g/mol. The third-order valence-corrected chi connectivity index (χ3v) is 4.07. The van der Waals surface area contributed by atoms with Gasteiger partial charge in [0, 0.05) is 11.4 Å². The zero-order valence-corrected chi connectivity index (χ0v) is 14.3. The summed E-state index contributed by atoms with van der Waals surface area (Å²) in [5.74, 6) is 0.0452. The highest BCUT2D eigenvalue weighted by atomic mass is 32.2. The summed E-state index contributed by atoms with van der Waals surface area (Å²) in [5.41, 5.74) is 8.20. The lowest BCUT2D eigenvalue weighted by molar-refractivity contribution is -0.117. The van der Waals surface area contributed by atoms with E-state index in [4.69, 9.17) is 5.73 Å². The fourth-order valence-electron chi connectivity index (χ4n) is 2.24. The Balaban J connectivity index is 2.13. The maximum atomic E-state index is 14.3. The number of rotatable bonds is 6. The van der Waals surface area contributed by atoms with Crippen LogP contribution in [0.3, 0.4) is 0 Å². The summed E-state index contributed by atoms with van der Waals surface area (Å²) in [5, 5.41) is 6.91. The van der Waals surface area contributed by atoms with Crippen LogP contribution >= 0.6 is 11.8 Å². The molecule has 23 heavy (non-hydrogen) atoms. The molecule has 1 heterocycles. The summed E-state index contributed by atoms with van der Waals surface area (Å²) in [6.07, 6.45) is 2.54. The van der Waals surface area contributed by atoms with Gasteiger partial charge in [-0.15, -0.1) is 0 Å². The highest BCUT2D eigenvalue weighted by Gasteiger charge is 2.15. The predicted molar refractivity (Wildman–Crippen MR) is 92.6 cm³/mol. The van der Waals surface area contributed by atoms with Crippen molar-refractivity contribution < 1.29 is 9.18 Å². The minimum atomic E-state index is -0.596. The highest BCUT2D eigenvalue weighted by Crippen LogP contribution is 2.20. The molecule has 1 atom stereocenters. The van der Waals surface area contributed by atoms with Gasteiger partial charge in [-0.1, -0.05) is 0 Å². The van der Waals surface area contributed by atoms with Crippen molar-refractivity contribution in [3.8, 4) is 5.69 Å². The van der Waals surface area contributed by atoms with Crippen molar-refractivity contribution in [1.29, 1.82) is 0 Å². The van der Waals surface area contributed by atoms with Gasteiger partial charge in [0.25, 0.3) is 0 Å². The quantitative estimate of drug-likeness (QED) is 0.850. The zero-order chi connectivity index (χ0) is 17.0. The normalized spacial score (nSPS) is 12.2. The molecule has 0 unspecified atom stereocenters. The van der Waals surface area contributed by atoms with Gasteiger partial charge in [-0.25, -0.2) is 9.07 Å². The maximum absolute atomic E-state index is 14.3. The first-order valence-corrected chi connectivity index (χ1v) is 8.70. The van der Waals surface area contributed by atoms with Gasteiger partial charge in [0.1, 0.15) is 5.69 Å². The van der Waals surface area contributed by atoms with Crippen molar-refractivity contribution in [2.24, 2.45) is 5.73 Å². The summed E-state index contributed by atoms with van der Waals surface area (Å²) >= 11 is 1.63. The topological polar surface area (TPSA) is 72.9 Å². The Morgan fingerprint density at radius 3 is 2.74 bits per heavy atom. The molecule has 0 aliphatic heterocycles. The van der Waals surface area contributed by atoms with Crippen LogP contribution < -0.4 is 11.1 Å². The van der Waals surface area contributed by atoms with Gasteiger partial charge < -0.3 is 11.1 Å². The van der Waals surface area contributed by atoms with E-state index in [1.807, 2.05) is 26.2 Å². The minimum absolute atomic E-state index is 0.308. The monoisotopic (exact) mass is 336 g/mol. The molecule has 2 aromatic rings. The second kappa shape index (κ2) is 7.61. The Morgan fingerprint density at radius 2 is 2.17 bits per heavy atom. The number of benzene rings is 1. The fraction of sp³-hybridized carbons (Fsp3) is 0.375. The molecular formula is C16H21FN4OS. The van der Waals surface area contributed by atoms with Crippen molar-refractivity contribution in [2.75, 3.05) is 17.3 Å².